The third-order valence-corrected chi connectivity index (χ3v) is 3.33. The van der Waals surface area contributed by atoms with Gasteiger partial charge in [0.05, 0.1) is 10.6 Å². The maximum absolute atomic E-state index is 12.2. The van der Waals surface area contributed by atoms with Crippen LogP contribution in [0.15, 0.2) is 12.3 Å². The summed E-state index contributed by atoms with van der Waals surface area (Å²) in [5.41, 5.74) is 6.19. The first-order valence-corrected chi connectivity index (χ1v) is 6.01. The Bertz CT molecular complexity index is 400. The van der Waals surface area contributed by atoms with Gasteiger partial charge in [0, 0.05) is 12.1 Å². The predicted octanol–water partition coefficient (Wildman–Crippen LogP) is 3.08. The highest BCUT2D eigenvalue weighted by Crippen LogP contribution is 2.28. The fourth-order valence-corrected chi connectivity index (χ4v) is 2.39. The molecule has 3 nitrogen and oxygen atoms in total. The van der Waals surface area contributed by atoms with E-state index in [-0.39, 0.29) is 11.7 Å². The molecule has 1 saturated carbocycles. The molecule has 1 aliphatic rings. The zero-order valence-electron chi connectivity index (χ0n) is 9.08. The van der Waals surface area contributed by atoms with E-state index in [2.05, 4.69) is 4.98 Å². The third-order valence-electron chi connectivity index (χ3n) is 3.13. The van der Waals surface area contributed by atoms with Gasteiger partial charge in [-0.15, -0.1) is 0 Å². The van der Waals surface area contributed by atoms with Crippen molar-refractivity contribution in [3.63, 3.8) is 0 Å². The first-order chi connectivity index (χ1) is 7.68. The number of halogens is 1. The summed E-state index contributed by atoms with van der Waals surface area (Å²) < 4.78 is 0. The minimum Gasteiger partial charge on any atom is -0.383 e. The molecule has 0 saturated heterocycles. The van der Waals surface area contributed by atoms with E-state index in [1.54, 1.807) is 6.07 Å². The molecule has 0 aromatic carbocycles. The van der Waals surface area contributed by atoms with Crippen LogP contribution >= 0.6 is 11.6 Å². The molecule has 1 aromatic rings. The van der Waals surface area contributed by atoms with Gasteiger partial charge in [-0.05, 0) is 18.9 Å². The van der Waals surface area contributed by atoms with Crippen molar-refractivity contribution in [3.05, 3.63) is 22.8 Å². The zero-order chi connectivity index (χ0) is 11.5. The van der Waals surface area contributed by atoms with Crippen LogP contribution in [0.4, 0.5) is 5.82 Å². The Hall–Kier alpha value is -1.09. The summed E-state index contributed by atoms with van der Waals surface area (Å²) in [6, 6.07) is 1.63. The molecular weight excluding hydrogens is 224 g/mol. The highest BCUT2D eigenvalue weighted by molar-refractivity contribution is 6.31. The topological polar surface area (TPSA) is 56.0 Å². The predicted molar refractivity (Wildman–Crippen MR) is 64.6 cm³/mol. The Kier molecular flexibility index (Phi) is 3.44. The average Bonchev–Trinajstić information content (AvgIpc) is 2.32. The highest BCUT2D eigenvalue weighted by atomic mass is 35.5. The summed E-state index contributed by atoms with van der Waals surface area (Å²) in [6.07, 6.45) is 6.88. The lowest BCUT2D eigenvalue weighted by Crippen LogP contribution is -2.19. The first kappa shape index (κ1) is 11.4. The molecule has 1 fully saturated rings. The molecule has 0 unspecified atom stereocenters. The van der Waals surface area contributed by atoms with Crippen molar-refractivity contribution >= 4 is 23.2 Å². The lowest BCUT2D eigenvalue weighted by atomic mass is 9.84. The summed E-state index contributed by atoms with van der Waals surface area (Å²) in [7, 11) is 0. The van der Waals surface area contributed by atoms with Crippen LogP contribution in [-0.4, -0.2) is 10.8 Å². The van der Waals surface area contributed by atoms with E-state index in [4.69, 9.17) is 17.3 Å². The standard InChI is InChI=1S/C12H15ClN2O/c13-9-6-10(12(14)15-7-9)11(16)8-4-2-1-3-5-8/h6-8H,1-5H2,(H2,14,15). The molecule has 0 spiro atoms. The number of pyridine rings is 1. The Morgan fingerprint density at radius 1 is 1.38 bits per heavy atom. The molecule has 1 aromatic heterocycles. The van der Waals surface area contributed by atoms with Crippen LogP contribution in [-0.2, 0) is 0 Å². The summed E-state index contributed by atoms with van der Waals surface area (Å²) in [4.78, 5) is 16.1. The molecule has 2 rings (SSSR count). The van der Waals surface area contributed by atoms with Crippen molar-refractivity contribution in [2.24, 2.45) is 5.92 Å². The Morgan fingerprint density at radius 3 is 2.75 bits per heavy atom. The van der Waals surface area contributed by atoms with Crippen molar-refractivity contribution < 1.29 is 4.79 Å². The number of aromatic nitrogens is 1. The largest absolute Gasteiger partial charge is 0.383 e. The van der Waals surface area contributed by atoms with Crippen molar-refractivity contribution in [3.8, 4) is 0 Å². The molecule has 16 heavy (non-hydrogen) atoms. The van der Waals surface area contributed by atoms with Crippen molar-refractivity contribution in [1.29, 1.82) is 0 Å². The van der Waals surface area contributed by atoms with Crippen LogP contribution in [0.5, 0.6) is 0 Å². The van der Waals surface area contributed by atoms with Crippen molar-refractivity contribution in [2.75, 3.05) is 5.73 Å². The van der Waals surface area contributed by atoms with Crippen molar-refractivity contribution in [2.45, 2.75) is 32.1 Å². The molecule has 0 atom stereocenters. The zero-order valence-corrected chi connectivity index (χ0v) is 9.83. The number of hydrogen-bond acceptors (Lipinski definition) is 3. The number of hydrogen-bond donors (Lipinski definition) is 1. The molecule has 0 amide bonds. The van der Waals surface area contributed by atoms with Crippen LogP contribution in [0, 0.1) is 5.92 Å². The first-order valence-electron chi connectivity index (χ1n) is 5.63. The SMILES string of the molecule is Nc1ncc(Cl)cc1C(=O)C1CCCCC1. The number of rotatable bonds is 2. The number of anilines is 1. The van der Waals surface area contributed by atoms with Crippen molar-refractivity contribution in [1.82, 2.24) is 4.98 Å². The summed E-state index contributed by atoms with van der Waals surface area (Å²) >= 11 is 5.83. The lowest BCUT2D eigenvalue weighted by Gasteiger charge is -2.20. The molecule has 1 heterocycles. The third kappa shape index (κ3) is 2.35. The van der Waals surface area contributed by atoms with E-state index in [9.17, 15) is 4.79 Å². The second-order valence-electron chi connectivity index (χ2n) is 4.29. The molecule has 0 aliphatic heterocycles. The van der Waals surface area contributed by atoms with Crippen LogP contribution in [0.2, 0.25) is 5.02 Å². The summed E-state index contributed by atoms with van der Waals surface area (Å²) in [5.74, 6) is 0.503. The second-order valence-corrected chi connectivity index (χ2v) is 4.72. The number of nitrogen functional groups attached to an aromatic ring is 1. The van der Waals surface area contributed by atoms with Crippen LogP contribution in [0.25, 0.3) is 0 Å². The van der Waals surface area contributed by atoms with Gasteiger partial charge in [0.15, 0.2) is 5.78 Å². The Labute approximate surface area is 100 Å². The van der Waals surface area contributed by atoms with Gasteiger partial charge >= 0.3 is 0 Å². The number of carbonyl (C=O) groups excluding carboxylic acids is 1. The fourth-order valence-electron chi connectivity index (χ4n) is 2.23. The minimum absolute atomic E-state index is 0.104. The maximum Gasteiger partial charge on any atom is 0.169 e. The smallest absolute Gasteiger partial charge is 0.169 e. The quantitative estimate of drug-likeness (QED) is 0.806. The molecule has 4 heteroatoms. The summed E-state index contributed by atoms with van der Waals surface area (Å²) in [6.45, 7) is 0. The van der Waals surface area contributed by atoms with Gasteiger partial charge in [0.25, 0.3) is 0 Å². The number of nitrogens with zero attached hydrogens (tertiary/aromatic N) is 1. The van der Waals surface area contributed by atoms with Gasteiger partial charge in [-0.25, -0.2) is 4.98 Å². The van der Waals surface area contributed by atoms with E-state index < -0.39 is 0 Å². The fraction of sp³-hybridized carbons (Fsp3) is 0.500. The van der Waals surface area contributed by atoms with Gasteiger partial charge < -0.3 is 5.73 Å². The average molecular weight is 239 g/mol. The Morgan fingerprint density at radius 2 is 2.06 bits per heavy atom. The lowest BCUT2D eigenvalue weighted by molar-refractivity contribution is 0.0890. The monoisotopic (exact) mass is 238 g/mol. The number of carbonyl (C=O) groups is 1. The van der Waals surface area contributed by atoms with Gasteiger partial charge in [-0.1, -0.05) is 30.9 Å². The van der Waals surface area contributed by atoms with Crippen LogP contribution < -0.4 is 5.73 Å². The van der Waals surface area contributed by atoms with Crippen LogP contribution in [0.1, 0.15) is 42.5 Å². The number of ketones is 1. The maximum atomic E-state index is 12.2. The van der Waals surface area contributed by atoms with Gasteiger partial charge in [0.1, 0.15) is 5.82 Å². The molecule has 2 N–H and O–H groups in total. The minimum atomic E-state index is 0.104. The molecular formula is C12H15ClN2O. The molecule has 86 valence electrons. The summed E-state index contributed by atoms with van der Waals surface area (Å²) in [5, 5.41) is 0.466. The van der Waals surface area contributed by atoms with E-state index in [0.29, 0.717) is 16.4 Å². The number of nitrogens with two attached hydrogens (primary N) is 1. The van der Waals surface area contributed by atoms with E-state index in [0.717, 1.165) is 25.7 Å². The molecule has 0 radical (unpaired) electrons. The molecule has 0 bridgehead atoms. The molecule has 1 aliphatic carbocycles. The second kappa shape index (κ2) is 4.83. The van der Waals surface area contributed by atoms with Crippen LogP contribution in [0.3, 0.4) is 0 Å². The van der Waals surface area contributed by atoms with Gasteiger partial charge in [-0.2, -0.15) is 0 Å². The van der Waals surface area contributed by atoms with E-state index in [1.165, 1.54) is 12.6 Å². The highest BCUT2D eigenvalue weighted by Gasteiger charge is 2.24. The van der Waals surface area contributed by atoms with E-state index >= 15 is 0 Å². The van der Waals surface area contributed by atoms with E-state index in [1.807, 2.05) is 0 Å². The van der Waals surface area contributed by atoms with Gasteiger partial charge in [0.2, 0.25) is 0 Å². The normalized spacial score (nSPS) is 17.3. The Balaban J connectivity index is 2.22. The van der Waals surface area contributed by atoms with Gasteiger partial charge in [-0.3, -0.25) is 4.79 Å². The number of Topliss-reactive ketones (excluding diaryl/α,β-unsaturated/α-hetero) is 1.